The van der Waals surface area contributed by atoms with Crippen molar-refractivity contribution in [1.29, 1.82) is 0 Å². The monoisotopic (exact) mass is 422 g/mol. The molecule has 4 atom stereocenters. The van der Waals surface area contributed by atoms with E-state index in [2.05, 4.69) is 39.2 Å². The summed E-state index contributed by atoms with van der Waals surface area (Å²) in [5.41, 5.74) is 0.668. The zero-order valence-electron chi connectivity index (χ0n) is 19.3. The van der Waals surface area contributed by atoms with E-state index in [0.717, 1.165) is 19.4 Å². The number of hydrogen-bond donors (Lipinski definition) is 1. The van der Waals surface area contributed by atoms with Crippen LogP contribution in [0.15, 0.2) is 11.6 Å². The minimum absolute atomic E-state index is 0.00377. The molecule has 6 nitrogen and oxygen atoms in total. The van der Waals surface area contributed by atoms with Crippen LogP contribution < -0.4 is 5.32 Å². The van der Waals surface area contributed by atoms with Crippen LogP contribution in [0, 0.1) is 5.92 Å². The Morgan fingerprint density at radius 1 is 1.31 bits per heavy atom. The first kappa shape index (κ1) is 23.8. The number of ketones is 1. The molecule has 2 fully saturated rings. The summed E-state index contributed by atoms with van der Waals surface area (Å²) >= 11 is 0. The van der Waals surface area contributed by atoms with Gasteiger partial charge < -0.3 is 14.6 Å². The van der Waals surface area contributed by atoms with E-state index < -0.39 is 8.32 Å². The first-order valence-corrected chi connectivity index (χ1v) is 13.6. The summed E-state index contributed by atoms with van der Waals surface area (Å²) in [4.78, 5) is 38.5. The second-order valence-electron chi connectivity index (χ2n) is 10.1. The quantitative estimate of drug-likeness (QED) is 0.387. The summed E-state index contributed by atoms with van der Waals surface area (Å²) in [6.07, 6.45) is 3.84. The molecule has 0 radical (unpaired) electrons. The number of amides is 2. The fourth-order valence-electron chi connectivity index (χ4n) is 3.99. The lowest BCUT2D eigenvalue weighted by atomic mass is 9.82. The zero-order valence-corrected chi connectivity index (χ0v) is 20.3. The van der Waals surface area contributed by atoms with E-state index in [1.807, 2.05) is 24.8 Å². The first-order chi connectivity index (χ1) is 13.2. The van der Waals surface area contributed by atoms with Crippen molar-refractivity contribution >= 4 is 25.9 Å². The molecular weight excluding hydrogens is 384 g/mol. The van der Waals surface area contributed by atoms with Gasteiger partial charge in [0.15, 0.2) is 14.1 Å². The van der Waals surface area contributed by atoms with Gasteiger partial charge in [-0.1, -0.05) is 26.8 Å². The number of rotatable bonds is 7. The fraction of sp³-hybridized carbons (Fsp3) is 0.773. The van der Waals surface area contributed by atoms with Crippen molar-refractivity contribution in [3.8, 4) is 0 Å². The lowest BCUT2D eigenvalue weighted by Gasteiger charge is -2.45. The van der Waals surface area contributed by atoms with Crippen LogP contribution in [-0.4, -0.2) is 55.5 Å². The summed E-state index contributed by atoms with van der Waals surface area (Å²) in [5.74, 6) is -0.253. The normalized spacial score (nSPS) is 26.8. The van der Waals surface area contributed by atoms with Crippen LogP contribution >= 0.6 is 0 Å². The number of β-lactam (4-membered cyclic amide) rings is 1. The number of likely N-dealkylation sites (tertiary alicyclic amines) is 1. The van der Waals surface area contributed by atoms with Crippen molar-refractivity contribution in [2.75, 3.05) is 6.54 Å². The topological polar surface area (TPSA) is 75.7 Å². The molecule has 0 aliphatic carbocycles. The lowest BCUT2D eigenvalue weighted by molar-refractivity contribution is -0.141. The zero-order chi connectivity index (χ0) is 22.1. The second kappa shape index (κ2) is 8.72. The highest BCUT2D eigenvalue weighted by Crippen LogP contribution is 2.39. The fourth-order valence-corrected chi connectivity index (χ4v) is 5.42. The van der Waals surface area contributed by atoms with Crippen molar-refractivity contribution < 1.29 is 18.8 Å². The third-order valence-electron chi connectivity index (χ3n) is 6.85. The van der Waals surface area contributed by atoms with Gasteiger partial charge >= 0.3 is 0 Å². The summed E-state index contributed by atoms with van der Waals surface area (Å²) in [6.45, 7) is 17.0. The minimum Gasteiger partial charge on any atom is -0.413 e. The highest BCUT2D eigenvalue weighted by molar-refractivity contribution is 6.74. The molecule has 0 aromatic heterocycles. The molecular formula is C22H38N2O4Si. The van der Waals surface area contributed by atoms with E-state index in [4.69, 9.17) is 4.43 Å². The average molecular weight is 423 g/mol. The largest absolute Gasteiger partial charge is 0.413 e. The minimum atomic E-state index is -1.99. The van der Waals surface area contributed by atoms with Crippen molar-refractivity contribution in [1.82, 2.24) is 10.2 Å². The van der Waals surface area contributed by atoms with Gasteiger partial charge in [0.05, 0.1) is 24.1 Å². The van der Waals surface area contributed by atoms with Crippen molar-refractivity contribution in [3.63, 3.8) is 0 Å². The first-order valence-electron chi connectivity index (χ1n) is 10.7. The van der Waals surface area contributed by atoms with Crippen LogP contribution in [0.3, 0.4) is 0 Å². The van der Waals surface area contributed by atoms with E-state index in [0.29, 0.717) is 5.57 Å². The van der Waals surface area contributed by atoms with Gasteiger partial charge in [0.2, 0.25) is 11.8 Å². The predicted molar refractivity (Wildman–Crippen MR) is 117 cm³/mol. The van der Waals surface area contributed by atoms with Crippen LogP contribution in [0.4, 0.5) is 0 Å². The molecule has 0 spiro atoms. The lowest BCUT2D eigenvalue weighted by Crippen LogP contribution is -2.64. The summed E-state index contributed by atoms with van der Waals surface area (Å²) in [6, 6.07) is -0.185. The molecule has 7 heteroatoms. The van der Waals surface area contributed by atoms with Crippen molar-refractivity contribution in [2.24, 2.45) is 5.92 Å². The Hall–Kier alpha value is -1.47. The number of nitrogens with zero attached hydrogens (tertiary/aromatic N) is 1. The summed E-state index contributed by atoms with van der Waals surface area (Å²) in [5, 5.41) is 2.95. The van der Waals surface area contributed by atoms with Gasteiger partial charge in [0.1, 0.15) is 0 Å². The van der Waals surface area contributed by atoms with Gasteiger partial charge in [-0.25, -0.2) is 0 Å². The van der Waals surface area contributed by atoms with Gasteiger partial charge in [-0.2, -0.15) is 0 Å². The van der Waals surface area contributed by atoms with Gasteiger partial charge in [-0.15, -0.1) is 0 Å². The number of Topliss-reactive ketones (excluding diaryl/α,β-unsaturated/α-hetero) is 1. The number of carbonyl (C=O) groups is 3. The molecule has 0 saturated carbocycles. The van der Waals surface area contributed by atoms with Crippen LogP contribution in [0.25, 0.3) is 0 Å². The van der Waals surface area contributed by atoms with Gasteiger partial charge in [-0.05, 0) is 50.4 Å². The molecule has 29 heavy (non-hydrogen) atoms. The average Bonchev–Trinajstić information content (AvgIpc) is 3.00. The Morgan fingerprint density at radius 3 is 2.45 bits per heavy atom. The van der Waals surface area contributed by atoms with Crippen LogP contribution in [0.5, 0.6) is 0 Å². The molecule has 2 saturated heterocycles. The smallest absolute Gasteiger partial charge is 0.228 e. The number of nitrogens with one attached hydrogen (secondary N) is 1. The van der Waals surface area contributed by atoms with Gasteiger partial charge in [-0.3, -0.25) is 14.4 Å². The van der Waals surface area contributed by atoms with Crippen molar-refractivity contribution in [3.05, 3.63) is 11.6 Å². The molecule has 0 aromatic rings. The molecule has 0 bridgehead atoms. The molecule has 1 N–H and O–H groups in total. The molecule has 0 aromatic carbocycles. The molecule has 0 unspecified atom stereocenters. The van der Waals surface area contributed by atoms with Crippen LogP contribution in [0.1, 0.15) is 60.8 Å². The second-order valence-corrected chi connectivity index (χ2v) is 14.9. The van der Waals surface area contributed by atoms with E-state index in [1.54, 1.807) is 6.92 Å². The molecule has 2 aliphatic rings. The van der Waals surface area contributed by atoms with E-state index in [-0.39, 0.29) is 53.2 Å². The maximum Gasteiger partial charge on any atom is 0.228 e. The summed E-state index contributed by atoms with van der Waals surface area (Å²) in [7, 11) is -1.99. The molecule has 2 aliphatic heterocycles. The Labute approximate surface area is 176 Å². The number of carbonyl (C=O) groups excluding carboxylic acids is 3. The molecule has 2 rings (SSSR count). The molecule has 2 amide bonds. The summed E-state index contributed by atoms with van der Waals surface area (Å²) < 4.78 is 6.40. The Kier molecular flexibility index (Phi) is 7.16. The van der Waals surface area contributed by atoms with Gasteiger partial charge in [0.25, 0.3) is 0 Å². The standard InChI is InChI=1S/C22H38N2O4Si/c1-14(12-17-10-9-11-24(17)16(3)25)19(26)13-18-20(21(27)23-18)15(2)28-29(7,8)22(4,5)6/h12,15,17-18,20H,9-11,13H2,1-8H3,(H,23,27)/t15-,17+,18-,20-/m1/s1. The van der Waals surface area contributed by atoms with Gasteiger partial charge in [0, 0.05) is 19.9 Å². The maximum absolute atomic E-state index is 12.8. The number of hydrogen-bond acceptors (Lipinski definition) is 4. The highest BCUT2D eigenvalue weighted by Gasteiger charge is 2.47. The molecule has 164 valence electrons. The Bertz CT molecular complexity index is 695. The molecule has 2 heterocycles. The highest BCUT2D eigenvalue weighted by atomic mass is 28.4. The third kappa shape index (κ3) is 5.37. The SMILES string of the molecule is CC(=O)N1CCC[C@H]1C=C(C)C(=O)C[C@H]1NC(=O)[C@@H]1[C@@H](C)O[Si](C)(C)C(C)(C)C. The van der Waals surface area contributed by atoms with E-state index in [1.165, 1.54) is 0 Å². The van der Waals surface area contributed by atoms with Crippen LogP contribution in [0.2, 0.25) is 18.1 Å². The third-order valence-corrected chi connectivity index (χ3v) is 11.4. The Balaban J connectivity index is 2.00. The van der Waals surface area contributed by atoms with Crippen molar-refractivity contribution in [2.45, 2.75) is 97.1 Å². The van der Waals surface area contributed by atoms with E-state index in [9.17, 15) is 14.4 Å². The maximum atomic E-state index is 12.8. The van der Waals surface area contributed by atoms with Crippen LogP contribution in [-0.2, 0) is 18.8 Å². The predicted octanol–water partition coefficient (Wildman–Crippen LogP) is 3.43. The Morgan fingerprint density at radius 2 is 1.93 bits per heavy atom. The van der Waals surface area contributed by atoms with E-state index >= 15 is 0 Å². The number of allylic oxidation sites excluding steroid dienone is 1.